The number of halogens is 1. The van der Waals surface area contributed by atoms with E-state index in [0.717, 1.165) is 21.1 Å². The van der Waals surface area contributed by atoms with Gasteiger partial charge in [-0.2, -0.15) is 0 Å². The summed E-state index contributed by atoms with van der Waals surface area (Å²) in [5.41, 5.74) is 1.78. The highest BCUT2D eigenvalue weighted by Gasteiger charge is 2.29. The Morgan fingerprint density at radius 1 is 1.06 bits per heavy atom. The fraction of sp³-hybridized carbons (Fsp3) is 0.208. The predicted octanol–water partition coefficient (Wildman–Crippen LogP) is 4.37. The fourth-order valence-corrected chi connectivity index (χ4v) is 4.65. The van der Waals surface area contributed by atoms with Gasteiger partial charge in [0.05, 0.1) is 17.3 Å². The molecule has 1 heterocycles. The van der Waals surface area contributed by atoms with Crippen LogP contribution in [0.15, 0.2) is 82.6 Å². The van der Waals surface area contributed by atoms with Crippen LogP contribution in [0, 0.1) is 0 Å². The van der Waals surface area contributed by atoms with Crippen LogP contribution in [-0.4, -0.2) is 36.8 Å². The molecule has 2 N–H and O–H groups in total. The van der Waals surface area contributed by atoms with Gasteiger partial charge in [-0.1, -0.05) is 59.8 Å². The quantitative estimate of drug-likeness (QED) is 0.555. The summed E-state index contributed by atoms with van der Waals surface area (Å²) in [4.78, 5) is 16.1. The third kappa shape index (κ3) is 5.40. The fourth-order valence-electron chi connectivity index (χ4n) is 3.39. The molecule has 1 amide bonds. The van der Waals surface area contributed by atoms with E-state index in [9.17, 15) is 9.90 Å². The van der Waals surface area contributed by atoms with Crippen LogP contribution in [0.1, 0.15) is 5.56 Å². The first-order valence-electron chi connectivity index (χ1n) is 10.0. The van der Waals surface area contributed by atoms with Gasteiger partial charge in [-0.25, -0.2) is 0 Å². The van der Waals surface area contributed by atoms with Crippen molar-refractivity contribution < 1.29 is 14.6 Å². The van der Waals surface area contributed by atoms with Gasteiger partial charge in [0.15, 0.2) is 0 Å². The molecule has 0 aliphatic carbocycles. The average molecular weight is 455 g/mol. The smallest absolute Gasteiger partial charge is 0.246 e. The molecule has 1 atom stereocenters. The van der Waals surface area contributed by atoms with Crippen LogP contribution in [-0.2, 0) is 11.4 Å². The molecule has 7 heteroatoms. The number of carbonyl (C=O) groups excluding carboxylic acids is 1. The Morgan fingerprint density at radius 3 is 2.65 bits per heavy atom. The number of piperazine rings is 1. The number of rotatable bonds is 7. The molecule has 0 spiro atoms. The molecule has 1 unspecified atom stereocenters. The second-order valence-corrected chi connectivity index (χ2v) is 8.70. The van der Waals surface area contributed by atoms with Gasteiger partial charge in [0.1, 0.15) is 18.4 Å². The Balaban J connectivity index is 1.44. The summed E-state index contributed by atoms with van der Waals surface area (Å²) in [6, 6.07) is 23.1. The van der Waals surface area contributed by atoms with Crippen LogP contribution >= 0.6 is 23.4 Å². The van der Waals surface area contributed by atoms with Crippen molar-refractivity contribution in [2.75, 3.05) is 24.6 Å². The Hall–Kier alpha value is -2.51. The highest BCUT2D eigenvalue weighted by atomic mass is 35.5. The van der Waals surface area contributed by atoms with Crippen LogP contribution < -0.4 is 15.0 Å². The third-order valence-corrected chi connectivity index (χ3v) is 6.25. The summed E-state index contributed by atoms with van der Waals surface area (Å²) >= 11 is 8.10. The van der Waals surface area contributed by atoms with Gasteiger partial charge in [0.25, 0.3) is 0 Å². The van der Waals surface area contributed by atoms with E-state index in [1.54, 1.807) is 16.7 Å². The number of hydrogen-bond donors (Lipinski definition) is 2. The van der Waals surface area contributed by atoms with Gasteiger partial charge < -0.3 is 20.1 Å². The molecular formula is C24H23ClN2O3S. The van der Waals surface area contributed by atoms with E-state index in [-0.39, 0.29) is 12.5 Å². The number of anilines is 1. The van der Waals surface area contributed by atoms with Gasteiger partial charge >= 0.3 is 0 Å². The van der Waals surface area contributed by atoms with E-state index in [1.165, 1.54) is 0 Å². The second kappa shape index (κ2) is 10.2. The lowest BCUT2D eigenvalue weighted by molar-refractivity contribution is -0.122. The Bertz CT molecular complexity index is 1050. The molecule has 0 radical (unpaired) electrons. The Kier molecular flexibility index (Phi) is 7.14. The molecule has 4 rings (SSSR count). The number of aliphatic hydroxyl groups is 1. The number of amides is 1. The Labute approximate surface area is 191 Å². The van der Waals surface area contributed by atoms with Crippen LogP contribution in [0.25, 0.3) is 0 Å². The molecule has 31 heavy (non-hydrogen) atoms. The van der Waals surface area contributed by atoms with Crippen molar-refractivity contribution in [1.29, 1.82) is 0 Å². The molecule has 160 valence electrons. The van der Waals surface area contributed by atoms with Crippen LogP contribution in [0.2, 0.25) is 5.02 Å². The lowest BCUT2D eigenvalue weighted by Crippen LogP contribution is -2.56. The molecule has 3 aromatic carbocycles. The molecule has 1 aliphatic rings. The van der Waals surface area contributed by atoms with E-state index >= 15 is 0 Å². The molecular weight excluding hydrogens is 432 g/mol. The molecule has 1 fully saturated rings. The number of aliphatic hydroxyl groups excluding tert-OH is 1. The first-order chi connectivity index (χ1) is 15.1. The molecule has 1 aliphatic heterocycles. The summed E-state index contributed by atoms with van der Waals surface area (Å²) in [7, 11) is 0. The van der Waals surface area contributed by atoms with Gasteiger partial charge in [0, 0.05) is 22.9 Å². The summed E-state index contributed by atoms with van der Waals surface area (Å²) in [5.74, 6) is 0.636. The minimum Gasteiger partial charge on any atom is -0.489 e. The molecule has 0 saturated carbocycles. The maximum absolute atomic E-state index is 12.5. The lowest BCUT2D eigenvalue weighted by atomic mass is 10.1. The maximum atomic E-state index is 12.5. The lowest BCUT2D eigenvalue weighted by Gasteiger charge is -2.33. The predicted molar refractivity (Wildman–Crippen MR) is 124 cm³/mol. The van der Waals surface area contributed by atoms with Crippen molar-refractivity contribution >= 4 is 35.0 Å². The highest BCUT2D eigenvalue weighted by Crippen LogP contribution is 2.36. The Morgan fingerprint density at radius 2 is 1.87 bits per heavy atom. The molecule has 1 saturated heterocycles. The highest BCUT2D eigenvalue weighted by molar-refractivity contribution is 7.99. The number of benzene rings is 3. The van der Waals surface area contributed by atoms with Crippen LogP contribution in [0.4, 0.5) is 5.69 Å². The molecule has 0 aromatic heterocycles. The van der Waals surface area contributed by atoms with Gasteiger partial charge in [-0.15, -0.1) is 0 Å². The van der Waals surface area contributed by atoms with Crippen molar-refractivity contribution in [2.24, 2.45) is 0 Å². The first-order valence-corrected chi connectivity index (χ1v) is 11.2. The zero-order chi connectivity index (χ0) is 21.6. The van der Waals surface area contributed by atoms with Crippen molar-refractivity contribution in [3.63, 3.8) is 0 Å². The van der Waals surface area contributed by atoms with E-state index in [0.29, 0.717) is 30.4 Å². The zero-order valence-electron chi connectivity index (χ0n) is 16.8. The summed E-state index contributed by atoms with van der Waals surface area (Å²) in [5, 5.41) is 12.9. The van der Waals surface area contributed by atoms with Crippen molar-refractivity contribution in [2.45, 2.75) is 22.4 Å². The SMILES string of the molecule is O=C1C(CO)NCCN1c1ccc(Sc2cccc(OCc3ccccc3)c2)cc1Cl. The van der Waals surface area contributed by atoms with E-state index in [4.69, 9.17) is 16.3 Å². The molecule has 5 nitrogen and oxygen atoms in total. The maximum Gasteiger partial charge on any atom is 0.246 e. The second-order valence-electron chi connectivity index (χ2n) is 7.14. The van der Waals surface area contributed by atoms with Crippen LogP contribution in [0.3, 0.4) is 0 Å². The largest absolute Gasteiger partial charge is 0.489 e. The number of ether oxygens (including phenoxy) is 1. The number of nitrogens with one attached hydrogen (secondary N) is 1. The topological polar surface area (TPSA) is 61.8 Å². The minimum absolute atomic E-state index is 0.167. The van der Waals surface area contributed by atoms with Gasteiger partial charge in [0.2, 0.25) is 5.91 Å². The zero-order valence-corrected chi connectivity index (χ0v) is 18.4. The minimum atomic E-state index is -0.586. The third-order valence-electron chi connectivity index (χ3n) is 4.97. The summed E-state index contributed by atoms with van der Waals surface area (Å²) < 4.78 is 5.92. The van der Waals surface area contributed by atoms with Gasteiger partial charge in [-0.3, -0.25) is 4.79 Å². The van der Waals surface area contributed by atoms with E-state index in [1.807, 2.05) is 72.8 Å². The van der Waals surface area contributed by atoms with Gasteiger partial charge in [-0.05, 0) is 42.0 Å². The van der Waals surface area contributed by atoms with E-state index < -0.39 is 6.04 Å². The number of carbonyl (C=O) groups is 1. The van der Waals surface area contributed by atoms with Crippen LogP contribution in [0.5, 0.6) is 5.75 Å². The average Bonchev–Trinajstić information content (AvgIpc) is 2.79. The number of hydrogen-bond acceptors (Lipinski definition) is 5. The van der Waals surface area contributed by atoms with Crippen molar-refractivity contribution in [3.05, 3.63) is 83.4 Å². The molecule has 0 bridgehead atoms. The van der Waals surface area contributed by atoms with E-state index in [2.05, 4.69) is 5.32 Å². The summed E-state index contributed by atoms with van der Waals surface area (Å²) in [6.07, 6.45) is 0. The molecule has 3 aromatic rings. The normalized spacial score (nSPS) is 16.4. The summed E-state index contributed by atoms with van der Waals surface area (Å²) in [6.45, 7) is 1.41. The van der Waals surface area contributed by atoms with Crippen molar-refractivity contribution in [3.8, 4) is 5.75 Å². The van der Waals surface area contributed by atoms with Crippen molar-refractivity contribution in [1.82, 2.24) is 5.32 Å². The first kappa shape index (κ1) is 21.7. The number of nitrogens with zero attached hydrogens (tertiary/aromatic N) is 1. The standard InChI is InChI=1S/C24H23ClN2O3S/c25-21-14-20(9-10-23(21)27-12-11-26-22(15-28)24(27)29)31-19-8-4-7-18(13-19)30-16-17-5-2-1-3-6-17/h1-10,13-14,22,26,28H,11-12,15-16H2. The monoisotopic (exact) mass is 454 g/mol.